The molecule has 1 rings (SSSR count). The van der Waals surface area contributed by atoms with Gasteiger partial charge in [-0.1, -0.05) is 6.58 Å². The Morgan fingerprint density at radius 1 is 1.19 bits per heavy atom. The van der Waals surface area contributed by atoms with Crippen LogP contribution in [-0.2, 0) is 9.53 Å². The highest BCUT2D eigenvalue weighted by Gasteiger charge is 2.13. The third-order valence-corrected chi connectivity index (χ3v) is 2.50. The highest BCUT2D eigenvalue weighted by atomic mass is 16.5. The van der Waals surface area contributed by atoms with Crippen molar-refractivity contribution >= 4 is 11.5 Å². The molecule has 0 aromatic heterocycles. The van der Waals surface area contributed by atoms with Crippen LogP contribution in [0.5, 0.6) is 5.75 Å². The van der Waals surface area contributed by atoms with Crippen molar-refractivity contribution in [1.29, 1.82) is 0 Å². The number of carbonyl (C=O) groups is 1. The molecular formula is C13H16O3. The number of benzene rings is 1. The molecule has 0 aliphatic heterocycles. The number of ether oxygens (including phenoxy) is 2. The summed E-state index contributed by atoms with van der Waals surface area (Å²) >= 11 is 0. The Morgan fingerprint density at radius 3 is 2.31 bits per heavy atom. The maximum Gasteiger partial charge on any atom is 0.337 e. The summed E-state index contributed by atoms with van der Waals surface area (Å²) in [5.41, 5.74) is 3.07. The molecule has 1 aromatic carbocycles. The van der Waals surface area contributed by atoms with Gasteiger partial charge < -0.3 is 9.47 Å². The van der Waals surface area contributed by atoms with Gasteiger partial charge in [0, 0.05) is 0 Å². The summed E-state index contributed by atoms with van der Waals surface area (Å²) < 4.78 is 9.85. The first-order valence-electron chi connectivity index (χ1n) is 4.94. The molecule has 0 saturated carbocycles. The van der Waals surface area contributed by atoms with E-state index in [2.05, 4.69) is 11.3 Å². The van der Waals surface area contributed by atoms with Crippen molar-refractivity contribution in [1.82, 2.24) is 0 Å². The fraction of sp³-hybridized carbons (Fsp3) is 0.308. The molecule has 0 saturated heterocycles. The van der Waals surface area contributed by atoms with E-state index in [1.807, 2.05) is 26.0 Å². The summed E-state index contributed by atoms with van der Waals surface area (Å²) in [5.74, 6) is 0.395. The molecule has 0 aliphatic rings. The molecule has 0 bridgehead atoms. The Hall–Kier alpha value is -1.77. The second-order valence-electron chi connectivity index (χ2n) is 3.61. The van der Waals surface area contributed by atoms with Crippen molar-refractivity contribution in [2.24, 2.45) is 0 Å². The standard InChI is InChI=1S/C13H16O3/c1-8-7-12(15-4)9(2)6-11(8)10(3)13(14)16-5/h6-7H,3H2,1-2,4-5H3. The Bertz CT molecular complexity index is 433. The summed E-state index contributed by atoms with van der Waals surface area (Å²) in [5, 5.41) is 0. The number of hydrogen-bond acceptors (Lipinski definition) is 3. The minimum absolute atomic E-state index is 0.366. The third-order valence-electron chi connectivity index (χ3n) is 2.50. The summed E-state index contributed by atoms with van der Waals surface area (Å²) in [6, 6.07) is 3.77. The zero-order valence-electron chi connectivity index (χ0n) is 10.1. The molecule has 3 nitrogen and oxygen atoms in total. The van der Waals surface area contributed by atoms with Gasteiger partial charge >= 0.3 is 5.97 Å². The van der Waals surface area contributed by atoms with Crippen LogP contribution in [0.2, 0.25) is 0 Å². The van der Waals surface area contributed by atoms with Crippen LogP contribution in [0.15, 0.2) is 18.7 Å². The molecule has 0 atom stereocenters. The molecule has 0 unspecified atom stereocenters. The molecule has 16 heavy (non-hydrogen) atoms. The van der Waals surface area contributed by atoms with E-state index in [-0.39, 0.29) is 0 Å². The van der Waals surface area contributed by atoms with Gasteiger partial charge in [-0.05, 0) is 42.7 Å². The number of carbonyl (C=O) groups excluding carboxylic acids is 1. The number of rotatable bonds is 3. The van der Waals surface area contributed by atoms with Crippen LogP contribution in [0.3, 0.4) is 0 Å². The highest BCUT2D eigenvalue weighted by Crippen LogP contribution is 2.26. The van der Waals surface area contributed by atoms with Gasteiger partial charge in [0.2, 0.25) is 0 Å². The Balaban J connectivity index is 3.21. The third kappa shape index (κ3) is 2.24. The lowest BCUT2D eigenvalue weighted by Crippen LogP contribution is -2.04. The van der Waals surface area contributed by atoms with E-state index in [1.54, 1.807) is 7.11 Å². The summed E-state index contributed by atoms with van der Waals surface area (Å²) in [7, 11) is 2.97. The number of esters is 1. The molecular weight excluding hydrogens is 204 g/mol. The van der Waals surface area contributed by atoms with Crippen LogP contribution in [-0.4, -0.2) is 20.2 Å². The number of methoxy groups -OCH3 is 2. The van der Waals surface area contributed by atoms with Crippen LogP contribution < -0.4 is 4.74 Å². The zero-order chi connectivity index (χ0) is 12.3. The molecule has 3 heteroatoms. The van der Waals surface area contributed by atoms with Crippen molar-refractivity contribution < 1.29 is 14.3 Å². The number of aryl methyl sites for hydroxylation is 2. The molecule has 0 amide bonds. The molecule has 0 aliphatic carbocycles. The molecule has 0 heterocycles. The quantitative estimate of drug-likeness (QED) is 0.580. The maximum absolute atomic E-state index is 11.4. The minimum Gasteiger partial charge on any atom is -0.496 e. The van der Waals surface area contributed by atoms with Crippen molar-refractivity contribution in [2.75, 3.05) is 14.2 Å². The number of hydrogen-bond donors (Lipinski definition) is 0. The normalized spacial score (nSPS) is 9.75. The average molecular weight is 220 g/mol. The van der Waals surface area contributed by atoms with Crippen LogP contribution in [0, 0.1) is 13.8 Å². The van der Waals surface area contributed by atoms with E-state index in [4.69, 9.17) is 4.74 Å². The minimum atomic E-state index is -0.410. The van der Waals surface area contributed by atoms with Crippen molar-refractivity contribution in [3.8, 4) is 5.75 Å². The Kier molecular flexibility index (Phi) is 3.72. The van der Waals surface area contributed by atoms with Gasteiger partial charge in [-0.3, -0.25) is 0 Å². The summed E-state index contributed by atoms with van der Waals surface area (Å²) in [4.78, 5) is 11.4. The van der Waals surface area contributed by atoms with Gasteiger partial charge in [0.1, 0.15) is 5.75 Å². The van der Waals surface area contributed by atoms with Gasteiger partial charge in [0.15, 0.2) is 0 Å². The second kappa shape index (κ2) is 4.84. The van der Waals surface area contributed by atoms with E-state index in [9.17, 15) is 4.79 Å². The topological polar surface area (TPSA) is 35.5 Å². The van der Waals surface area contributed by atoms with Crippen LogP contribution >= 0.6 is 0 Å². The predicted molar refractivity (Wildman–Crippen MR) is 63.5 cm³/mol. The molecule has 0 fully saturated rings. The van der Waals surface area contributed by atoms with E-state index in [0.29, 0.717) is 5.57 Å². The van der Waals surface area contributed by atoms with Crippen molar-refractivity contribution in [2.45, 2.75) is 13.8 Å². The fourth-order valence-electron chi connectivity index (χ4n) is 1.57. The van der Waals surface area contributed by atoms with E-state index >= 15 is 0 Å². The van der Waals surface area contributed by atoms with Crippen LogP contribution in [0.25, 0.3) is 5.57 Å². The van der Waals surface area contributed by atoms with Gasteiger partial charge in [-0.15, -0.1) is 0 Å². The van der Waals surface area contributed by atoms with E-state index in [1.165, 1.54) is 7.11 Å². The summed E-state index contributed by atoms with van der Waals surface area (Å²) in [6.07, 6.45) is 0. The molecule has 1 aromatic rings. The van der Waals surface area contributed by atoms with Crippen molar-refractivity contribution in [3.05, 3.63) is 35.4 Å². The fourth-order valence-corrected chi connectivity index (χ4v) is 1.57. The lowest BCUT2D eigenvalue weighted by atomic mass is 9.99. The van der Waals surface area contributed by atoms with E-state index < -0.39 is 5.97 Å². The van der Waals surface area contributed by atoms with Crippen LogP contribution in [0.1, 0.15) is 16.7 Å². The van der Waals surface area contributed by atoms with E-state index in [0.717, 1.165) is 22.4 Å². The second-order valence-corrected chi connectivity index (χ2v) is 3.61. The van der Waals surface area contributed by atoms with Gasteiger partial charge in [-0.2, -0.15) is 0 Å². The molecule has 0 radical (unpaired) electrons. The summed E-state index contributed by atoms with van der Waals surface area (Å²) in [6.45, 7) is 7.57. The first kappa shape index (κ1) is 12.3. The lowest BCUT2D eigenvalue weighted by molar-refractivity contribution is -0.133. The molecule has 86 valence electrons. The van der Waals surface area contributed by atoms with Crippen LogP contribution in [0.4, 0.5) is 0 Å². The van der Waals surface area contributed by atoms with Gasteiger partial charge in [0.25, 0.3) is 0 Å². The first-order valence-corrected chi connectivity index (χ1v) is 4.94. The average Bonchev–Trinajstić information content (AvgIpc) is 2.29. The zero-order valence-corrected chi connectivity index (χ0v) is 10.1. The predicted octanol–water partition coefficient (Wildman–Crippen LogP) is 2.50. The molecule has 0 N–H and O–H groups in total. The molecule has 0 spiro atoms. The Labute approximate surface area is 95.7 Å². The lowest BCUT2D eigenvalue weighted by Gasteiger charge is -2.12. The van der Waals surface area contributed by atoms with Crippen molar-refractivity contribution in [3.63, 3.8) is 0 Å². The Morgan fingerprint density at radius 2 is 1.81 bits per heavy atom. The SMILES string of the molecule is C=C(C(=O)OC)c1cc(C)c(OC)cc1C. The highest BCUT2D eigenvalue weighted by molar-refractivity contribution is 6.16. The first-order chi connectivity index (χ1) is 7.51. The maximum atomic E-state index is 11.4. The van der Waals surface area contributed by atoms with Gasteiger partial charge in [-0.25, -0.2) is 4.79 Å². The van der Waals surface area contributed by atoms with Gasteiger partial charge in [0.05, 0.1) is 19.8 Å². The smallest absolute Gasteiger partial charge is 0.337 e. The monoisotopic (exact) mass is 220 g/mol. The largest absolute Gasteiger partial charge is 0.496 e.